The van der Waals surface area contributed by atoms with Gasteiger partial charge < -0.3 is 9.84 Å². The van der Waals surface area contributed by atoms with Gasteiger partial charge in [0.1, 0.15) is 6.10 Å². The predicted octanol–water partition coefficient (Wildman–Crippen LogP) is 2.77. The molecule has 1 N–H and O–H groups in total. The van der Waals surface area contributed by atoms with Crippen LogP contribution >= 0.6 is 11.5 Å². The molecule has 18 heavy (non-hydrogen) atoms. The number of nitrogens with zero attached hydrogens (tertiary/aromatic N) is 2. The van der Waals surface area contributed by atoms with Crippen molar-refractivity contribution in [2.24, 2.45) is 5.92 Å². The van der Waals surface area contributed by atoms with Crippen molar-refractivity contribution in [2.45, 2.75) is 58.0 Å². The second-order valence-electron chi connectivity index (χ2n) is 6.08. The van der Waals surface area contributed by atoms with Crippen molar-refractivity contribution in [1.82, 2.24) is 9.36 Å². The van der Waals surface area contributed by atoms with Crippen LogP contribution in [-0.2, 0) is 5.41 Å². The molecular weight excluding hydrogens is 248 g/mol. The van der Waals surface area contributed by atoms with Crippen LogP contribution in [0.3, 0.4) is 0 Å². The van der Waals surface area contributed by atoms with Crippen LogP contribution in [0.4, 0.5) is 0 Å². The van der Waals surface area contributed by atoms with Crippen molar-refractivity contribution in [3.63, 3.8) is 0 Å². The van der Waals surface area contributed by atoms with E-state index in [1.54, 1.807) is 0 Å². The van der Waals surface area contributed by atoms with Gasteiger partial charge in [0, 0.05) is 23.6 Å². The van der Waals surface area contributed by atoms with Crippen molar-refractivity contribution >= 4 is 11.5 Å². The molecule has 1 aliphatic carbocycles. The molecule has 0 radical (unpaired) electrons. The van der Waals surface area contributed by atoms with Gasteiger partial charge in [-0.3, -0.25) is 0 Å². The molecule has 0 aliphatic heterocycles. The Labute approximate surface area is 113 Å². The van der Waals surface area contributed by atoms with E-state index in [0.717, 1.165) is 31.5 Å². The number of hydrogen-bond donors (Lipinski definition) is 1. The third kappa shape index (κ3) is 3.42. The molecule has 0 spiro atoms. The van der Waals surface area contributed by atoms with E-state index in [0.29, 0.717) is 17.7 Å². The highest BCUT2D eigenvalue weighted by molar-refractivity contribution is 7.07. The lowest BCUT2D eigenvalue weighted by atomic mass is 9.88. The van der Waals surface area contributed by atoms with Crippen LogP contribution in [0.2, 0.25) is 0 Å². The summed E-state index contributed by atoms with van der Waals surface area (Å²) in [6.07, 6.45) is 4.36. The van der Waals surface area contributed by atoms with E-state index in [1.807, 2.05) is 0 Å². The SMILES string of the molecule is CC(C)(C)c1nsc(OC2CCC(CO)CC2)n1. The highest BCUT2D eigenvalue weighted by Gasteiger charge is 2.24. The van der Waals surface area contributed by atoms with Gasteiger partial charge in [-0.1, -0.05) is 20.8 Å². The van der Waals surface area contributed by atoms with Gasteiger partial charge in [0.05, 0.1) is 0 Å². The molecule has 0 saturated heterocycles. The van der Waals surface area contributed by atoms with Crippen LogP contribution in [0.1, 0.15) is 52.3 Å². The molecule has 0 bridgehead atoms. The summed E-state index contributed by atoms with van der Waals surface area (Å²) in [7, 11) is 0. The minimum Gasteiger partial charge on any atom is -0.466 e. The van der Waals surface area contributed by atoms with Gasteiger partial charge in [-0.15, -0.1) is 0 Å². The number of hydrogen-bond acceptors (Lipinski definition) is 5. The standard InChI is InChI=1S/C13H22N2O2S/c1-13(2,3)11-14-12(18-15-11)17-10-6-4-9(8-16)5-7-10/h9-10,16H,4-8H2,1-3H3. The average molecular weight is 270 g/mol. The Bertz CT molecular complexity index is 379. The first-order chi connectivity index (χ1) is 8.49. The van der Waals surface area contributed by atoms with Crippen molar-refractivity contribution < 1.29 is 9.84 Å². The van der Waals surface area contributed by atoms with Crippen LogP contribution in [-0.4, -0.2) is 27.2 Å². The maximum absolute atomic E-state index is 9.10. The molecule has 1 heterocycles. The van der Waals surface area contributed by atoms with Gasteiger partial charge in [0.25, 0.3) is 5.19 Å². The van der Waals surface area contributed by atoms with Gasteiger partial charge >= 0.3 is 0 Å². The Hall–Kier alpha value is -0.680. The Morgan fingerprint density at radius 2 is 1.94 bits per heavy atom. The minimum absolute atomic E-state index is 0.0212. The van der Waals surface area contributed by atoms with E-state index in [1.165, 1.54) is 11.5 Å². The second kappa shape index (κ2) is 5.53. The fourth-order valence-corrected chi connectivity index (χ4v) is 2.92. The average Bonchev–Trinajstić information content (AvgIpc) is 2.78. The zero-order valence-electron chi connectivity index (χ0n) is 11.3. The number of aromatic nitrogens is 2. The summed E-state index contributed by atoms with van der Waals surface area (Å²) in [5.74, 6) is 1.32. The monoisotopic (exact) mass is 270 g/mol. The van der Waals surface area contributed by atoms with Crippen molar-refractivity contribution in [1.29, 1.82) is 0 Å². The van der Waals surface area contributed by atoms with Gasteiger partial charge in [0.15, 0.2) is 5.82 Å². The summed E-state index contributed by atoms with van der Waals surface area (Å²) in [5.41, 5.74) is -0.0212. The third-order valence-corrected chi connectivity index (χ3v) is 4.01. The minimum atomic E-state index is -0.0212. The summed E-state index contributed by atoms with van der Waals surface area (Å²) in [6.45, 7) is 6.61. The Balaban J connectivity index is 1.89. The van der Waals surface area contributed by atoms with Gasteiger partial charge in [-0.2, -0.15) is 9.36 Å². The number of aliphatic hydroxyl groups is 1. The maximum atomic E-state index is 9.10. The highest BCUT2D eigenvalue weighted by atomic mass is 32.1. The Morgan fingerprint density at radius 1 is 1.28 bits per heavy atom. The molecular formula is C13H22N2O2S. The lowest BCUT2D eigenvalue weighted by Gasteiger charge is -2.26. The molecule has 0 aromatic carbocycles. The maximum Gasteiger partial charge on any atom is 0.293 e. The molecule has 1 aromatic rings. The largest absolute Gasteiger partial charge is 0.466 e. The quantitative estimate of drug-likeness (QED) is 0.917. The lowest BCUT2D eigenvalue weighted by molar-refractivity contribution is 0.103. The summed E-state index contributed by atoms with van der Waals surface area (Å²) < 4.78 is 10.2. The molecule has 4 nitrogen and oxygen atoms in total. The molecule has 1 fully saturated rings. The summed E-state index contributed by atoms with van der Waals surface area (Å²) in [6, 6.07) is 0. The normalized spacial score (nSPS) is 25.1. The van der Waals surface area contributed by atoms with Crippen LogP contribution in [0.25, 0.3) is 0 Å². The number of rotatable bonds is 3. The Kier molecular flexibility index (Phi) is 4.22. The topological polar surface area (TPSA) is 55.2 Å². The molecule has 2 rings (SSSR count). The highest BCUT2D eigenvalue weighted by Crippen LogP contribution is 2.29. The van der Waals surface area contributed by atoms with Gasteiger partial charge in [-0.05, 0) is 31.6 Å². The molecule has 1 aliphatic rings. The van der Waals surface area contributed by atoms with Crippen LogP contribution in [0.15, 0.2) is 0 Å². The van der Waals surface area contributed by atoms with Crippen molar-refractivity contribution in [3.8, 4) is 5.19 Å². The zero-order chi connectivity index (χ0) is 13.2. The fraction of sp³-hybridized carbons (Fsp3) is 0.846. The molecule has 5 heteroatoms. The summed E-state index contributed by atoms with van der Waals surface area (Å²) in [4.78, 5) is 4.45. The van der Waals surface area contributed by atoms with Crippen molar-refractivity contribution in [3.05, 3.63) is 5.82 Å². The first-order valence-electron chi connectivity index (χ1n) is 6.60. The van der Waals surface area contributed by atoms with Crippen LogP contribution < -0.4 is 4.74 Å². The zero-order valence-corrected chi connectivity index (χ0v) is 12.2. The Morgan fingerprint density at radius 3 is 2.44 bits per heavy atom. The molecule has 1 aromatic heterocycles. The van der Waals surface area contributed by atoms with E-state index in [9.17, 15) is 0 Å². The van der Waals surface area contributed by atoms with E-state index in [-0.39, 0.29) is 11.5 Å². The van der Waals surface area contributed by atoms with E-state index in [4.69, 9.17) is 9.84 Å². The lowest BCUT2D eigenvalue weighted by Crippen LogP contribution is -2.25. The van der Waals surface area contributed by atoms with E-state index >= 15 is 0 Å². The van der Waals surface area contributed by atoms with Crippen LogP contribution in [0.5, 0.6) is 5.19 Å². The predicted molar refractivity (Wildman–Crippen MR) is 72.1 cm³/mol. The third-order valence-electron chi connectivity index (χ3n) is 3.40. The number of ether oxygens (including phenoxy) is 1. The first kappa shape index (κ1) is 13.7. The fourth-order valence-electron chi connectivity index (χ4n) is 2.14. The molecule has 0 unspecified atom stereocenters. The molecule has 0 atom stereocenters. The van der Waals surface area contributed by atoms with Crippen LogP contribution in [0, 0.1) is 5.92 Å². The van der Waals surface area contributed by atoms with E-state index in [2.05, 4.69) is 30.1 Å². The summed E-state index contributed by atoms with van der Waals surface area (Å²) in [5, 5.41) is 9.79. The summed E-state index contributed by atoms with van der Waals surface area (Å²) >= 11 is 1.34. The van der Waals surface area contributed by atoms with E-state index < -0.39 is 0 Å². The number of aliphatic hydroxyl groups excluding tert-OH is 1. The molecule has 102 valence electrons. The molecule has 0 amide bonds. The van der Waals surface area contributed by atoms with Gasteiger partial charge in [0.2, 0.25) is 0 Å². The molecule has 1 saturated carbocycles. The van der Waals surface area contributed by atoms with Gasteiger partial charge in [-0.25, -0.2) is 0 Å². The first-order valence-corrected chi connectivity index (χ1v) is 7.38. The second-order valence-corrected chi connectivity index (χ2v) is 6.79. The smallest absolute Gasteiger partial charge is 0.293 e. The van der Waals surface area contributed by atoms with Crippen molar-refractivity contribution in [2.75, 3.05) is 6.61 Å².